The molecule has 1 aromatic carbocycles. The number of rotatable bonds is 4. The average Bonchev–Trinajstić information content (AvgIpc) is 2.42. The van der Waals surface area contributed by atoms with Crippen LogP contribution in [0.5, 0.6) is 0 Å². The van der Waals surface area contributed by atoms with E-state index in [4.69, 9.17) is 5.73 Å². The van der Waals surface area contributed by atoms with Crippen molar-refractivity contribution in [2.45, 2.75) is 25.3 Å². The largest absolute Gasteiger partial charge is 0.384 e. The molecule has 0 aliphatic heterocycles. The Kier molecular flexibility index (Phi) is 4.24. The maximum absolute atomic E-state index is 13.5. The fraction of sp³-hybridized carbons (Fsp3) is 0.214. The van der Waals surface area contributed by atoms with Gasteiger partial charge in [0, 0.05) is 18.8 Å². The van der Waals surface area contributed by atoms with E-state index in [1.807, 2.05) is 0 Å². The Hall–Kier alpha value is -1.99. The van der Waals surface area contributed by atoms with E-state index in [1.165, 1.54) is 18.3 Å². The lowest BCUT2D eigenvalue weighted by Gasteiger charge is -2.09. The van der Waals surface area contributed by atoms with Gasteiger partial charge in [0.25, 0.3) is 0 Å². The number of pyridine rings is 1. The lowest BCUT2D eigenvalue weighted by Crippen LogP contribution is -2.23. The van der Waals surface area contributed by atoms with E-state index in [2.05, 4.69) is 9.71 Å². The molecule has 0 unspecified atom stereocenters. The van der Waals surface area contributed by atoms with Gasteiger partial charge in [-0.3, -0.25) is 0 Å². The summed E-state index contributed by atoms with van der Waals surface area (Å²) in [5, 5.41) is 0. The number of benzene rings is 1. The number of sulfonamides is 1. The van der Waals surface area contributed by atoms with Crippen molar-refractivity contribution in [3.63, 3.8) is 0 Å². The molecule has 7 heteroatoms. The van der Waals surface area contributed by atoms with E-state index < -0.39 is 10.0 Å². The molecule has 112 valence electrons. The number of aromatic nitrogens is 1. The minimum Gasteiger partial charge on any atom is -0.384 e. The first-order valence-corrected chi connectivity index (χ1v) is 7.75. The van der Waals surface area contributed by atoms with Crippen molar-refractivity contribution in [3.8, 4) is 0 Å². The molecule has 0 saturated heterocycles. The first-order valence-electron chi connectivity index (χ1n) is 6.26. The van der Waals surface area contributed by atoms with Crippen LogP contribution in [0.15, 0.2) is 35.4 Å². The number of nitrogen functional groups attached to an aromatic ring is 1. The van der Waals surface area contributed by atoms with Crippen LogP contribution in [0.4, 0.5) is 10.2 Å². The second kappa shape index (κ2) is 5.79. The van der Waals surface area contributed by atoms with Gasteiger partial charge in [0.1, 0.15) is 11.6 Å². The van der Waals surface area contributed by atoms with Crippen LogP contribution in [0.25, 0.3) is 0 Å². The van der Waals surface area contributed by atoms with Gasteiger partial charge in [-0.2, -0.15) is 0 Å². The van der Waals surface area contributed by atoms with Gasteiger partial charge in [-0.25, -0.2) is 22.5 Å². The molecule has 0 aliphatic carbocycles. The summed E-state index contributed by atoms with van der Waals surface area (Å²) in [6.45, 7) is 3.36. The third-order valence-corrected chi connectivity index (χ3v) is 4.42. The Morgan fingerprint density at radius 3 is 2.43 bits per heavy atom. The Balaban J connectivity index is 2.19. The van der Waals surface area contributed by atoms with E-state index in [9.17, 15) is 12.8 Å². The van der Waals surface area contributed by atoms with Crippen molar-refractivity contribution in [2.24, 2.45) is 0 Å². The van der Waals surface area contributed by atoms with Crippen molar-refractivity contribution in [2.75, 3.05) is 5.73 Å². The van der Waals surface area contributed by atoms with Crippen LogP contribution in [0.1, 0.15) is 16.7 Å². The van der Waals surface area contributed by atoms with Crippen molar-refractivity contribution in [1.82, 2.24) is 9.71 Å². The minimum absolute atomic E-state index is 0.0468. The Bertz CT molecular complexity index is 753. The summed E-state index contributed by atoms with van der Waals surface area (Å²) in [7, 11) is -3.68. The number of anilines is 1. The SMILES string of the molecule is Cc1cc(CNS(=O)(=O)c2ccnc(N)c2)cc(C)c1F. The van der Waals surface area contributed by atoms with E-state index in [0.717, 1.165) is 0 Å². The third kappa shape index (κ3) is 3.56. The van der Waals surface area contributed by atoms with E-state index in [1.54, 1.807) is 26.0 Å². The molecule has 1 heterocycles. The number of hydrogen-bond donors (Lipinski definition) is 2. The molecular formula is C14H16FN3O2S. The van der Waals surface area contributed by atoms with Gasteiger partial charge in [0.05, 0.1) is 4.90 Å². The zero-order valence-corrected chi connectivity index (χ0v) is 12.5. The molecule has 0 bridgehead atoms. The predicted molar refractivity (Wildman–Crippen MR) is 78.5 cm³/mol. The number of nitrogens with two attached hydrogens (primary N) is 1. The first-order chi connectivity index (χ1) is 9.79. The molecule has 1 aromatic heterocycles. The van der Waals surface area contributed by atoms with Gasteiger partial charge < -0.3 is 5.73 Å². The summed E-state index contributed by atoms with van der Waals surface area (Å²) < 4.78 is 40.2. The summed E-state index contributed by atoms with van der Waals surface area (Å²) in [6.07, 6.45) is 1.33. The van der Waals surface area contributed by atoms with E-state index in [0.29, 0.717) is 16.7 Å². The van der Waals surface area contributed by atoms with Crippen LogP contribution in [0.2, 0.25) is 0 Å². The Morgan fingerprint density at radius 1 is 1.24 bits per heavy atom. The summed E-state index contributed by atoms with van der Waals surface area (Å²) in [4.78, 5) is 3.80. The van der Waals surface area contributed by atoms with E-state index >= 15 is 0 Å². The molecule has 0 amide bonds. The second-order valence-corrected chi connectivity index (χ2v) is 6.55. The fourth-order valence-corrected chi connectivity index (χ4v) is 3.03. The quantitative estimate of drug-likeness (QED) is 0.903. The van der Waals surface area contributed by atoms with Crippen LogP contribution in [0.3, 0.4) is 0 Å². The van der Waals surface area contributed by atoms with Crippen molar-refractivity contribution in [3.05, 3.63) is 53.0 Å². The lowest BCUT2D eigenvalue weighted by atomic mass is 10.1. The van der Waals surface area contributed by atoms with Crippen molar-refractivity contribution in [1.29, 1.82) is 0 Å². The van der Waals surface area contributed by atoms with Crippen LogP contribution in [0, 0.1) is 19.7 Å². The minimum atomic E-state index is -3.68. The summed E-state index contributed by atoms with van der Waals surface area (Å²) in [5.74, 6) is -0.144. The number of hydrogen-bond acceptors (Lipinski definition) is 4. The highest BCUT2D eigenvalue weighted by atomic mass is 32.2. The van der Waals surface area contributed by atoms with Crippen LogP contribution >= 0.6 is 0 Å². The number of nitrogens with zero attached hydrogens (tertiary/aromatic N) is 1. The summed E-state index contributed by atoms with van der Waals surface area (Å²) in [5.41, 5.74) is 7.13. The highest BCUT2D eigenvalue weighted by Crippen LogP contribution is 2.16. The van der Waals surface area contributed by atoms with Gasteiger partial charge in [0.2, 0.25) is 10.0 Å². The molecule has 0 atom stereocenters. The Labute approximate surface area is 123 Å². The lowest BCUT2D eigenvalue weighted by molar-refractivity contribution is 0.580. The monoisotopic (exact) mass is 309 g/mol. The molecule has 0 spiro atoms. The standard InChI is InChI=1S/C14H16FN3O2S/c1-9-5-11(6-10(2)14(9)15)8-18-21(19,20)12-3-4-17-13(16)7-12/h3-7,18H,8H2,1-2H3,(H2,16,17). The number of halogens is 1. The number of nitrogens with one attached hydrogen (secondary N) is 1. The van der Waals surface area contributed by atoms with Crippen molar-refractivity contribution < 1.29 is 12.8 Å². The smallest absolute Gasteiger partial charge is 0.241 e. The highest BCUT2D eigenvalue weighted by Gasteiger charge is 2.14. The molecule has 0 aliphatic rings. The predicted octanol–water partition coefficient (Wildman–Crippen LogP) is 1.90. The molecule has 0 fully saturated rings. The zero-order valence-electron chi connectivity index (χ0n) is 11.7. The molecule has 21 heavy (non-hydrogen) atoms. The molecule has 2 rings (SSSR count). The Morgan fingerprint density at radius 2 is 1.86 bits per heavy atom. The summed E-state index contributed by atoms with van der Waals surface area (Å²) >= 11 is 0. The highest BCUT2D eigenvalue weighted by molar-refractivity contribution is 7.89. The normalized spacial score (nSPS) is 11.6. The maximum atomic E-state index is 13.5. The second-order valence-electron chi connectivity index (χ2n) is 4.78. The van der Waals surface area contributed by atoms with Crippen LogP contribution in [-0.2, 0) is 16.6 Å². The van der Waals surface area contributed by atoms with Gasteiger partial charge in [0.15, 0.2) is 0 Å². The summed E-state index contributed by atoms with van der Waals surface area (Å²) in [6, 6.07) is 5.88. The third-order valence-electron chi connectivity index (χ3n) is 3.03. The van der Waals surface area contributed by atoms with Gasteiger partial charge >= 0.3 is 0 Å². The van der Waals surface area contributed by atoms with Gasteiger partial charge in [-0.15, -0.1) is 0 Å². The molecule has 2 aromatic rings. The van der Waals surface area contributed by atoms with Crippen molar-refractivity contribution >= 4 is 15.8 Å². The topological polar surface area (TPSA) is 85.1 Å². The average molecular weight is 309 g/mol. The van der Waals surface area contributed by atoms with Gasteiger partial charge in [-0.1, -0.05) is 12.1 Å². The van der Waals surface area contributed by atoms with Crippen LogP contribution in [-0.4, -0.2) is 13.4 Å². The molecule has 0 saturated carbocycles. The molecular weight excluding hydrogens is 293 g/mol. The molecule has 5 nitrogen and oxygen atoms in total. The molecule has 0 radical (unpaired) electrons. The van der Waals surface area contributed by atoms with Crippen LogP contribution < -0.4 is 10.5 Å². The number of aryl methyl sites for hydroxylation is 2. The van der Waals surface area contributed by atoms with Gasteiger partial charge in [-0.05, 0) is 36.6 Å². The zero-order chi connectivity index (χ0) is 15.6. The molecule has 3 N–H and O–H groups in total. The van der Waals surface area contributed by atoms with E-state index in [-0.39, 0.29) is 23.1 Å². The maximum Gasteiger partial charge on any atom is 0.241 e. The first kappa shape index (κ1) is 15.4. The fourth-order valence-electron chi connectivity index (χ4n) is 1.99.